The van der Waals surface area contributed by atoms with Crippen LogP contribution in [0.2, 0.25) is 0 Å². The summed E-state index contributed by atoms with van der Waals surface area (Å²) in [4.78, 5) is 11.5. The van der Waals surface area contributed by atoms with Crippen molar-refractivity contribution >= 4 is 5.91 Å². The minimum atomic E-state index is -0.0215. The fourth-order valence-corrected chi connectivity index (χ4v) is 1.16. The van der Waals surface area contributed by atoms with E-state index in [1.165, 1.54) is 0 Å². The highest BCUT2D eigenvalue weighted by Gasteiger charge is 2.02. The molecule has 0 spiro atoms. The second-order valence-corrected chi connectivity index (χ2v) is 3.15. The van der Waals surface area contributed by atoms with Crippen LogP contribution in [0, 0.1) is 6.92 Å². The van der Waals surface area contributed by atoms with Gasteiger partial charge in [-0.15, -0.1) is 0 Å². The van der Waals surface area contributed by atoms with Gasteiger partial charge in [0.05, 0.1) is 0 Å². The summed E-state index contributed by atoms with van der Waals surface area (Å²) < 4.78 is 0. The molecule has 2 heteroatoms. The van der Waals surface area contributed by atoms with E-state index in [1.54, 1.807) is 0 Å². The molecule has 2 nitrogen and oxygen atoms in total. The third-order valence-corrected chi connectivity index (χ3v) is 1.90. The Labute approximate surface area is 98.4 Å². The van der Waals surface area contributed by atoms with Gasteiger partial charge >= 0.3 is 0 Å². The molecule has 0 fully saturated rings. The van der Waals surface area contributed by atoms with Crippen molar-refractivity contribution in [1.29, 1.82) is 0 Å². The molecule has 0 bridgehead atoms. The van der Waals surface area contributed by atoms with E-state index in [0.29, 0.717) is 6.54 Å². The summed E-state index contributed by atoms with van der Waals surface area (Å²) in [6, 6.07) is 7.56. The van der Waals surface area contributed by atoms with E-state index < -0.39 is 0 Å². The molecule has 16 heavy (non-hydrogen) atoms. The first-order valence-corrected chi connectivity index (χ1v) is 5.70. The van der Waals surface area contributed by atoms with Crippen LogP contribution in [0.15, 0.2) is 36.4 Å². The number of carbonyl (C=O) groups is 1. The first kappa shape index (κ1) is 14.4. The average Bonchev–Trinajstić information content (AvgIpc) is 2.32. The van der Waals surface area contributed by atoms with Gasteiger partial charge in [-0.3, -0.25) is 4.79 Å². The van der Waals surface area contributed by atoms with E-state index in [-0.39, 0.29) is 5.91 Å². The molecule has 0 heterocycles. The summed E-state index contributed by atoms with van der Waals surface area (Å²) in [7, 11) is 0. The van der Waals surface area contributed by atoms with E-state index >= 15 is 0 Å². The molecule has 0 saturated heterocycles. The summed E-state index contributed by atoms with van der Waals surface area (Å²) in [5, 5.41) is 2.80. The van der Waals surface area contributed by atoms with Crippen LogP contribution >= 0.6 is 0 Å². The highest BCUT2D eigenvalue weighted by Crippen LogP contribution is 2.03. The number of carbonyl (C=O) groups excluding carboxylic acids is 1. The Morgan fingerprint density at radius 3 is 2.62 bits per heavy atom. The first-order chi connectivity index (χ1) is 7.74. The molecular weight excluding hydrogens is 198 g/mol. The van der Waals surface area contributed by atoms with Crippen molar-refractivity contribution in [1.82, 2.24) is 5.32 Å². The second-order valence-electron chi connectivity index (χ2n) is 3.15. The SMILES string of the molecule is C/C=C/CNC(=O)c1cccc(C)c1.CC. The van der Waals surface area contributed by atoms with E-state index in [0.717, 1.165) is 11.1 Å². The predicted molar refractivity (Wildman–Crippen MR) is 69.7 cm³/mol. The van der Waals surface area contributed by atoms with Crippen molar-refractivity contribution in [2.24, 2.45) is 0 Å². The molecule has 0 unspecified atom stereocenters. The van der Waals surface area contributed by atoms with E-state index in [1.807, 2.05) is 64.1 Å². The number of benzene rings is 1. The van der Waals surface area contributed by atoms with E-state index in [2.05, 4.69) is 5.32 Å². The van der Waals surface area contributed by atoms with Crippen LogP contribution in [0.3, 0.4) is 0 Å². The van der Waals surface area contributed by atoms with Crippen molar-refractivity contribution in [3.05, 3.63) is 47.5 Å². The van der Waals surface area contributed by atoms with Gasteiger partial charge < -0.3 is 5.32 Å². The lowest BCUT2D eigenvalue weighted by Crippen LogP contribution is -2.23. The zero-order valence-electron chi connectivity index (χ0n) is 10.6. The Hall–Kier alpha value is -1.57. The molecule has 0 aromatic heterocycles. The van der Waals surface area contributed by atoms with Gasteiger partial charge in [0.15, 0.2) is 0 Å². The Kier molecular flexibility index (Phi) is 7.86. The van der Waals surface area contributed by atoms with Crippen molar-refractivity contribution in [3.8, 4) is 0 Å². The van der Waals surface area contributed by atoms with Crippen molar-refractivity contribution in [3.63, 3.8) is 0 Å². The molecule has 0 aliphatic carbocycles. The maximum atomic E-state index is 11.5. The number of hydrogen-bond donors (Lipinski definition) is 1. The summed E-state index contributed by atoms with van der Waals surface area (Å²) >= 11 is 0. The average molecular weight is 219 g/mol. The minimum absolute atomic E-state index is 0.0215. The van der Waals surface area contributed by atoms with Gasteiger partial charge in [-0.2, -0.15) is 0 Å². The molecule has 1 rings (SSSR count). The van der Waals surface area contributed by atoms with Crippen LogP contribution in [0.1, 0.15) is 36.7 Å². The molecule has 0 aliphatic rings. The Morgan fingerprint density at radius 2 is 2.06 bits per heavy atom. The van der Waals surface area contributed by atoms with Crippen LogP contribution in [-0.4, -0.2) is 12.5 Å². The summed E-state index contributed by atoms with van der Waals surface area (Å²) in [6.45, 7) is 8.49. The normalized spacial score (nSPS) is 9.50. The quantitative estimate of drug-likeness (QED) is 0.776. The minimum Gasteiger partial charge on any atom is -0.349 e. The second kappa shape index (κ2) is 8.72. The molecule has 1 aromatic carbocycles. The topological polar surface area (TPSA) is 29.1 Å². The predicted octanol–water partition coefficient (Wildman–Crippen LogP) is 3.33. The number of amides is 1. The standard InChI is InChI=1S/C12H15NO.C2H6/c1-3-4-8-13-12(14)11-7-5-6-10(2)9-11;1-2/h3-7,9H,8H2,1-2H3,(H,13,14);1-2H3/b4-3+;. The molecule has 1 aromatic rings. The molecule has 0 aliphatic heterocycles. The third-order valence-electron chi connectivity index (χ3n) is 1.90. The molecule has 0 saturated carbocycles. The lowest BCUT2D eigenvalue weighted by atomic mass is 10.1. The van der Waals surface area contributed by atoms with Crippen molar-refractivity contribution < 1.29 is 4.79 Å². The van der Waals surface area contributed by atoms with Gasteiger partial charge in [0.25, 0.3) is 5.91 Å². The van der Waals surface area contributed by atoms with Gasteiger partial charge in [0.1, 0.15) is 0 Å². The van der Waals surface area contributed by atoms with Crippen LogP contribution in [-0.2, 0) is 0 Å². The zero-order valence-corrected chi connectivity index (χ0v) is 10.6. The van der Waals surface area contributed by atoms with Gasteiger partial charge in [-0.1, -0.05) is 43.7 Å². The third kappa shape index (κ3) is 5.35. The smallest absolute Gasteiger partial charge is 0.251 e. The largest absolute Gasteiger partial charge is 0.349 e. The van der Waals surface area contributed by atoms with Gasteiger partial charge in [0.2, 0.25) is 0 Å². The number of hydrogen-bond acceptors (Lipinski definition) is 1. The van der Waals surface area contributed by atoms with Crippen LogP contribution in [0.25, 0.3) is 0 Å². The Morgan fingerprint density at radius 1 is 1.38 bits per heavy atom. The monoisotopic (exact) mass is 219 g/mol. The fraction of sp³-hybridized carbons (Fsp3) is 0.357. The number of aryl methyl sites for hydroxylation is 1. The fourth-order valence-electron chi connectivity index (χ4n) is 1.16. The van der Waals surface area contributed by atoms with Crippen molar-refractivity contribution in [2.75, 3.05) is 6.54 Å². The van der Waals surface area contributed by atoms with Crippen molar-refractivity contribution in [2.45, 2.75) is 27.7 Å². The molecule has 1 amide bonds. The lowest BCUT2D eigenvalue weighted by Gasteiger charge is -2.02. The number of nitrogens with one attached hydrogen (secondary N) is 1. The highest BCUT2D eigenvalue weighted by molar-refractivity contribution is 5.94. The zero-order chi connectivity index (χ0) is 12.4. The maximum Gasteiger partial charge on any atom is 0.251 e. The summed E-state index contributed by atoms with van der Waals surface area (Å²) in [6.07, 6.45) is 3.82. The maximum absolute atomic E-state index is 11.5. The number of allylic oxidation sites excluding steroid dienone is 1. The van der Waals surface area contributed by atoms with Gasteiger partial charge in [-0.05, 0) is 26.0 Å². The molecule has 0 atom stereocenters. The van der Waals surface area contributed by atoms with Gasteiger partial charge in [0, 0.05) is 12.1 Å². The van der Waals surface area contributed by atoms with Crippen LogP contribution in [0.5, 0.6) is 0 Å². The lowest BCUT2D eigenvalue weighted by molar-refractivity contribution is 0.0958. The highest BCUT2D eigenvalue weighted by atomic mass is 16.1. The summed E-state index contributed by atoms with van der Waals surface area (Å²) in [5.74, 6) is -0.0215. The van der Waals surface area contributed by atoms with E-state index in [4.69, 9.17) is 0 Å². The van der Waals surface area contributed by atoms with Crippen LogP contribution < -0.4 is 5.32 Å². The molecule has 0 radical (unpaired) electrons. The number of rotatable bonds is 3. The van der Waals surface area contributed by atoms with Crippen LogP contribution in [0.4, 0.5) is 0 Å². The van der Waals surface area contributed by atoms with Gasteiger partial charge in [-0.25, -0.2) is 0 Å². The molecule has 1 N–H and O–H groups in total. The van der Waals surface area contributed by atoms with E-state index in [9.17, 15) is 4.79 Å². The molecular formula is C14H21NO. The Balaban J connectivity index is 0.00000106. The molecule has 88 valence electrons. The Bertz CT molecular complexity index is 342. The first-order valence-electron chi connectivity index (χ1n) is 5.70. The summed E-state index contributed by atoms with van der Waals surface area (Å²) in [5.41, 5.74) is 1.82.